The Morgan fingerprint density at radius 2 is 2.03 bits per heavy atom. The number of benzene rings is 2. The molecule has 1 aliphatic rings. The fraction of sp³-hybridized carbons (Fsp3) is 0.158. The van der Waals surface area contributed by atoms with Gasteiger partial charge in [-0.3, -0.25) is 4.79 Å². The molecule has 0 bridgehead atoms. The Hall–Kier alpha value is -3.13. The van der Waals surface area contributed by atoms with Crippen molar-refractivity contribution in [3.8, 4) is 23.8 Å². The van der Waals surface area contributed by atoms with Gasteiger partial charge in [-0.25, -0.2) is 13.6 Å². The summed E-state index contributed by atoms with van der Waals surface area (Å²) in [6, 6.07) is 9.72. The molecular weight excluding hydrogens is 414 g/mol. The zero-order valence-electron chi connectivity index (χ0n) is 15.0. The first kappa shape index (κ1) is 19.2. The van der Waals surface area contributed by atoms with E-state index in [1.165, 1.54) is 23.5 Å². The molecule has 0 atom stereocenters. The fourth-order valence-electron chi connectivity index (χ4n) is 2.93. The molecule has 29 heavy (non-hydrogen) atoms. The summed E-state index contributed by atoms with van der Waals surface area (Å²) in [5.41, 5.74) is 1.42. The van der Waals surface area contributed by atoms with E-state index in [1.54, 1.807) is 28.8 Å². The molecule has 1 aliphatic heterocycles. The van der Waals surface area contributed by atoms with Crippen LogP contribution in [0.1, 0.15) is 5.56 Å². The van der Waals surface area contributed by atoms with Crippen LogP contribution in [0.4, 0.5) is 0 Å². The molecule has 0 aliphatic carbocycles. The molecule has 1 amide bonds. The van der Waals surface area contributed by atoms with Gasteiger partial charge in [0.2, 0.25) is 16.8 Å². The van der Waals surface area contributed by atoms with E-state index in [9.17, 15) is 13.2 Å². The van der Waals surface area contributed by atoms with Crippen LogP contribution < -0.4 is 19.4 Å². The Balaban J connectivity index is 1.71. The molecule has 0 radical (unpaired) electrons. The summed E-state index contributed by atoms with van der Waals surface area (Å²) in [6.45, 7) is 0.344. The molecule has 0 saturated carbocycles. The number of thiazole rings is 1. The lowest BCUT2D eigenvalue weighted by molar-refractivity contribution is -0.117. The molecule has 0 fully saturated rings. The number of primary sulfonamides is 1. The van der Waals surface area contributed by atoms with E-state index in [1.807, 2.05) is 0 Å². The molecule has 3 aromatic rings. The topological polar surface area (TPSA) is 113 Å². The van der Waals surface area contributed by atoms with Gasteiger partial charge < -0.3 is 14.0 Å². The number of aromatic nitrogens is 1. The summed E-state index contributed by atoms with van der Waals surface area (Å²) >= 11 is 1.17. The van der Waals surface area contributed by atoms with E-state index in [0.29, 0.717) is 26.5 Å². The SMILES string of the molecule is C#CCn1c(=NC(=O)Cc2ccc3c(c2)OCO3)sc2cc(S(N)(=O)=O)ccc21. The molecule has 0 saturated heterocycles. The number of nitrogens with two attached hydrogens (primary N) is 1. The molecule has 10 heteroatoms. The number of rotatable bonds is 4. The van der Waals surface area contributed by atoms with Crippen molar-refractivity contribution in [3.63, 3.8) is 0 Å². The van der Waals surface area contributed by atoms with Crippen molar-refractivity contribution in [2.75, 3.05) is 6.79 Å². The number of terminal acetylenes is 1. The lowest BCUT2D eigenvalue weighted by atomic mass is 10.1. The number of hydrogen-bond donors (Lipinski definition) is 1. The Morgan fingerprint density at radius 3 is 2.79 bits per heavy atom. The van der Waals surface area contributed by atoms with Crippen LogP contribution in [0, 0.1) is 12.3 Å². The highest BCUT2D eigenvalue weighted by atomic mass is 32.2. The molecule has 2 heterocycles. The van der Waals surface area contributed by atoms with Crippen LogP contribution in [0.3, 0.4) is 0 Å². The molecule has 8 nitrogen and oxygen atoms in total. The van der Waals surface area contributed by atoms with Gasteiger partial charge in [0, 0.05) is 0 Å². The van der Waals surface area contributed by atoms with Gasteiger partial charge in [0.15, 0.2) is 16.3 Å². The highest BCUT2D eigenvalue weighted by molar-refractivity contribution is 7.89. The predicted molar refractivity (Wildman–Crippen MR) is 107 cm³/mol. The minimum atomic E-state index is -3.84. The van der Waals surface area contributed by atoms with E-state index < -0.39 is 10.0 Å². The van der Waals surface area contributed by atoms with Gasteiger partial charge in [-0.2, -0.15) is 4.99 Å². The molecule has 2 N–H and O–H groups in total. The molecular formula is C19H15N3O5S2. The highest BCUT2D eigenvalue weighted by Gasteiger charge is 2.15. The first-order valence-corrected chi connectivity index (χ1v) is 10.8. The number of fused-ring (bicyclic) bond motifs is 2. The van der Waals surface area contributed by atoms with Crippen molar-refractivity contribution in [1.82, 2.24) is 4.57 Å². The summed E-state index contributed by atoms with van der Waals surface area (Å²) in [5.74, 6) is 3.39. The number of carbonyl (C=O) groups excluding carboxylic acids is 1. The van der Waals surface area contributed by atoms with E-state index in [4.69, 9.17) is 21.0 Å². The highest BCUT2D eigenvalue weighted by Crippen LogP contribution is 2.32. The summed E-state index contributed by atoms with van der Waals surface area (Å²) in [4.78, 5) is 17.1. The Labute approximate surface area is 170 Å². The Kier molecular flexibility index (Phi) is 4.87. The first-order chi connectivity index (χ1) is 13.8. The van der Waals surface area contributed by atoms with Crippen molar-refractivity contribution in [3.05, 3.63) is 46.8 Å². The first-order valence-electron chi connectivity index (χ1n) is 8.41. The van der Waals surface area contributed by atoms with E-state index in [2.05, 4.69) is 10.9 Å². The smallest absolute Gasteiger partial charge is 0.252 e. The minimum absolute atomic E-state index is 0.0163. The quantitative estimate of drug-likeness (QED) is 0.630. The normalized spacial score (nSPS) is 13.6. The third-order valence-electron chi connectivity index (χ3n) is 4.24. The molecule has 148 valence electrons. The number of carbonyl (C=O) groups is 1. The fourth-order valence-corrected chi connectivity index (χ4v) is 4.63. The monoisotopic (exact) mass is 429 g/mol. The van der Waals surface area contributed by atoms with Crippen LogP contribution in [0.15, 0.2) is 46.3 Å². The maximum Gasteiger partial charge on any atom is 0.252 e. The average molecular weight is 429 g/mol. The summed E-state index contributed by atoms with van der Waals surface area (Å²) in [5, 5.41) is 5.20. The van der Waals surface area contributed by atoms with Gasteiger partial charge in [-0.15, -0.1) is 6.42 Å². The van der Waals surface area contributed by atoms with Gasteiger partial charge in [0.1, 0.15) is 0 Å². The van der Waals surface area contributed by atoms with Crippen LogP contribution in [0.5, 0.6) is 11.5 Å². The lowest BCUT2D eigenvalue weighted by Gasteiger charge is -2.02. The van der Waals surface area contributed by atoms with Crippen LogP contribution in [0.2, 0.25) is 0 Å². The van der Waals surface area contributed by atoms with Crippen molar-refractivity contribution in [2.45, 2.75) is 17.9 Å². The van der Waals surface area contributed by atoms with Crippen molar-refractivity contribution in [2.24, 2.45) is 10.1 Å². The zero-order chi connectivity index (χ0) is 20.6. The number of nitrogens with zero attached hydrogens (tertiary/aromatic N) is 2. The van der Waals surface area contributed by atoms with Crippen LogP contribution in [-0.4, -0.2) is 25.7 Å². The van der Waals surface area contributed by atoms with E-state index in [-0.39, 0.29) is 30.6 Å². The third-order valence-corrected chi connectivity index (χ3v) is 6.20. The van der Waals surface area contributed by atoms with Crippen molar-refractivity contribution < 1.29 is 22.7 Å². The maximum atomic E-state index is 12.5. The Morgan fingerprint density at radius 1 is 1.24 bits per heavy atom. The van der Waals surface area contributed by atoms with Gasteiger partial charge >= 0.3 is 0 Å². The molecule has 1 aromatic heterocycles. The zero-order valence-corrected chi connectivity index (χ0v) is 16.6. The number of hydrogen-bond acceptors (Lipinski definition) is 6. The second-order valence-corrected chi connectivity index (χ2v) is 8.79. The summed E-state index contributed by atoms with van der Waals surface area (Å²) in [6.07, 6.45) is 5.52. The molecule has 2 aromatic carbocycles. The number of ether oxygens (including phenoxy) is 2. The second kappa shape index (κ2) is 7.36. The minimum Gasteiger partial charge on any atom is -0.454 e. The van der Waals surface area contributed by atoms with Gasteiger partial charge in [0.05, 0.1) is 28.1 Å². The molecule has 0 unspecified atom stereocenters. The third kappa shape index (κ3) is 3.88. The van der Waals surface area contributed by atoms with Crippen LogP contribution in [-0.2, 0) is 27.8 Å². The van der Waals surface area contributed by atoms with Gasteiger partial charge in [-0.1, -0.05) is 23.3 Å². The van der Waals surface area contributed by atoms with Crippen LogP contribution >= 0.6 is 11.3 Å². The van der Waals surface area contributed by atoms with E-state index in [0.717, 1.165) is 5.56 Å². The average Bonchev–Trinajstić information content (AvgIpc) is 3.25. The second-order valence-electron chi connectivity index (χ2n) is 6.22. The molecule has 0 spiro atoms. The number of amides is 1. The van der Waals surface area contributed by atoms with Crippen molar-refractivity contribution >= 4 is 37.5 Å². The standard InChI is InChI=1S/C19H15N3O5S2/c1-2-7-22-14-5-4-13(29(20,24)25)10-17(14)28-19(22)21-18(23)9-12-3-6-15-16(8-12)27-11-26-15/h1,3-6,8,10H,7,9,11H2,(H2,20,24,25). The van der Waals surface area contributed by atoms with Gasteiger partial charge in [-0.05, 0) is 35.9 Å². The van der Waals surface area contributed by atoms with Crippen molar-refractivity contribution in [1.29, 1.82) is 0 Å². The molecule has 4 rings (SSSR count). The lowest BCUT2D eigenvalue weighted by Crippen LogP contribution is -2.17. The van der Waals surface area contributed by atoms with Crippen LogP contribution in [0.25, 0.3) is 10.2 Å². The maximum absolute atomic E-state index is 12.5. The predicted octanol–water partition coefficient (Wildman–Crippen LogP) is 1.38. The van der Waals surface area contributed by atoms with Gasteiger partial charge in [0.25, 0.3) is 5.91 Å². The summed E-state index contributed by atoms with van der Waals surface area (Å²) < 4.78 is 36.1. The largest absolute Gasteiger partial charge is 0.454 e. The summed E-state index contributed by atoms with van der Waals surface area (Å²) in [7, 11) is -3.84. The van der Waals surface area contributed by atoms with E-state index >= 15 is 0 Å². The number of sulfonamides is 1. The Bertz CT molecular complexity index is 1350.